The molecule has 0 saturated heterocycles. The lowest BCUT2D eigenvalue weighted by atomic mass is 10.2. The third kappa shape index (κ3) is 1.70. The van der Waals surface area contributed by atoms with E-state index in [1.54, 1.807) is 0 Å². The summed E-state index contributed by atoms with van der Waals surface area (Å²) in [5.41, 5.74) is 9.39. The van der Waals surface area contributed by atoms with E-state index in [0.717, 1.165) is 26.9 Å². The summed E-state index contributed by atoms with van der Waals surface area (Å²) < 4.78 is 1.01. The van der Waals surface area contributed by atoms with E-state index in [0.29, 0.717) is 5.69 Å². The Kier molecular flexibility index (Phi) is 2.37. The van der Waals surface area contributed by atoms with Gasteiger partial charge in [-0.1, -0.05) is 40.2 Å². The second-order valence-electron chi connectivity index (χ2n) is 3.81. The summed E-state index contributed by atoms with van der Waals surface area (Å²) in [5.74, 6) is 0.824. The van der Waals surface area contributed by atoms with Crippen molar-refractivity contribution in [1.29, 1.82) is 0 Å². The van der Waals surface area contributed by atoms with Crippen molar-refractivity contribution in [2.24, 2.45) is 0 Å². The van der Waals surface area contributed by atoms with Crippen LogP contribution in [0.15, 0.2) is 46.9 Å². The number of aromatic nitrogens is 2. The van der Waals surface area contributed by atoms with E-state index >= 15 is 0 Å². The first-order valence-corrected chi connectivity index (χ1v) is 6.04. The molecule has 17 heavy (non-hydrogen) atoms. The molecule has 0 aliphatic carbocycles. The number of hydrogen-bond acceptors (Lipinski definition) is 2. The average molecular weight is 288 g/mol. The van der Waals surface area contributed by atoms with Crippen LogP contribution in [0.2, 0.25) is 0 Å². The van der Waals surface area contributed by atoms with Crippen molar-refractivity contribution < 1.29 is 0 Å². The summed E-state index contributed by atoms with van der Waals surface area (Å²) in [7, 11) is 0. The molecule has 0 fully saturated rings. The molecule has 0 radical (unpaired) electrons. The topological polar surface area (TPSA) is 54.7 Å². The van der Waals surface area contributed by atoms with Crippen molar-refractivity contribution in [3.8, 4) is 11.4 Å². The predicted octanol–water partition coefficient (Wildman–Crippen LogP) is 3.57. The highest BCUT2D eigenvalue weighted by Crippen LogP contribution is 2.28. The number of halogens is 1. The van der Waals surface area contributed by atoms with Crippen molar-refractivity contribution in [3.63, 3.8) is 0 Å². The molecule has 0 aliphatic heterocycles. The van der Waals surface area contributed by atoms with Gasteiger partial charge in [0.2, 0.25) is 0 Å². The molecule has 84 valence electrons. The van der Waals surface area contributed by atoms with Gasteiger partial charge in [-0.25, -0.2) is 4.98 Å². The molecule has 3 N–H and O–H groups in total. The lowest BCUT2D eigenvalue weighted by molar-refractivity contribution is 1.33. The van der Waals surface area contributed by atoms with E-state index in [4.69, 9.17) is 5.73 Å². The number of nitrogens with two attached hydrogens (primary N) is 1. The highest BCUT2D eigenvalue weighted by molar-refractivity contribution is 9.10. The third-order valence-electron chi connectivity index (χ3n) is 2.67. The molecule has 0 atom stereocenters. The maximum Gasteiger partial charge on any atom is 0.139 e. The van der Waals surface area contributed by atoms with Crippen molar-refractivity contribution >= 4 is 32.7 Å². The predicted molar refractivity (Wildman–Crippen MR) is 73.6 cm³/mol. The molecule has 3 aromatic rings. The molecule has 0 unspecified atom stereocenters. The van der Waals surface area contributed by atoms with Crippen molar-refractivity contribution in [3.05, 3.63) is 46.9 Å². The Bertz CT molecular complexity index is 688. The molecule has 0 aliphatic rings. The van der Waals surface area contributed by atoms with Crippen LogP contribution in [0.4, 0.5) is 5.69 Å². The molecule has 2 aromatic carbocycles. The number of fused-ring (bicyclic) bond motifs is 1. The van der Waals surface area contributed by atoms with Gasteiger partial charge in [-0.2, -0.15) is 0 Å². The standard InChI is InChI=1S/C13H10BrN3/c14-9-5-2-1-4-8(9)13-16-11-7-3-6-10(15)12(11)17-13/h1-7H,15H2,(H,16,17). The van der Waals surface area contributed by atoms with Crippen LogP contribution in [-0.2, 0) is 0 Å². The number of hydrogen-bond donors (Lipinski definition) is 2. The van der Waals surface area contributed by atoms with Gasteiger partial charge >= 0.3 is 0 Å². The van der Waals surface area contributed by atoms with Gasteiger partial charge in [0.1, 0.15) is 11.3 Å². The minimum atomic E-state index is 0.692. The molecule has 0 amide bonds. The van der Waals surface area contributed by atoms with Crippen LogP contribution < -0.4 is 5.73 Å². The second kappa shape index (κ2) is 3.89. The van der Waals surface area contributed by atoms with E-state index in [2.05, 4.69) is 25.9 Å². The quantitative estimate of drug-likeness (QED) is 0.672. The fourth-order valence-corrected chi connectivity index (χ4v) is 2.31. The average Bonchev–Trinajstić information content (AvgIpc) is 2.75. The van der Waals surface area contributed by atoms with Crippen LogP contribution in [0, 0.1) is 0 Å². The van der Waals surface area contributed by atoms with Crippen molar-refractivity contribution in [2.75, 3.05) is 5.73 Å². The second-order valence-corrected chi connectivity index (χ2v) is 4.66. The SMILES string of the molecule is Nc1cccc2[nH]c(-c3ccccc3Br)nc12. The van der Waals surface area contributed by atoms with E-state index in [1.165, 1.54) is 0 Å². The number of nitrogens with zero attached hydrogens (tertiary/aromatic N) is 1. The highest BCUT2D eigenvalue weighted by atomic mass is 79.9. The first-order chi connectivity index (χ1) is 8.25. The van der Waals surface area contributed by atoms with Crippen LogP contribution in [0.25, 0.3) is 22.4 Å². The fourth-order valence-electron chi connectivity index (χ4n) is 1.84. The number of nitrogens with one attached hydrogen (secondary N) is 1. The Labute approximate surface area is 107 Å². The van der Waals surface area contributed by atoms with Crippen LogP contribution in [0.5, 0.6) is 0 Å². The van der Waals surface area contributed by atoms with Crippen molar-refractivity contribution in [2.45, 2.75) is 0 Å². The molecular formula is C13H10BrN3. The van der Waals surface area contributed by atoms with E-state index < -0.39 is 0 Å². The van der Waals surface area contributed by atoms with Gasteiger partial charge in [0.25, 0.3) is 0 Å². The molecule has 4 heteroatoms. The Balaban J connectivity index is 2.26. The number of H-pyrrole nitrogens is 1. The molecule has 1 heterocycles. The van der Waals surface area contributed by atoms with Gasteiger partial charge in [-0.3, -0.25) is 0 Å². The van der Waals surface area contributed by atoms with E-state index in [-0.39, 0.29) is 0 Å². The minimum absolute atomic E-state index is 0.692. The van der Waals surface area contributed by atoms with Gasteiger partial charge < -0.3 is 10.7 Å². The van der Waals surface area contributed by atoms with Crippen LogP contribution in [-0.4, -0.2) is 9.97 Å². The van der Waals surface area contributed by atoms with E-state index in [9.17, 15) is 0 Å². The van der Waals surface area contributed by atoms with Gasteiger partial charge in [-0.05, 0) is 18.2 Å². The van der Waals surface area contributed by atoms with Crippen molar-refractivity contribution in [1.82, 2.24) is 9.97 Å². The molecule has 1 aromatic heterocycles. The lowest BCUT2D eigenvalue weighted by Gasteiger charge is -1.98. The molecule has 0 spiro atoms. The van der Waals surface area contributed by atoms with Crippen LogP contribution >= 0.6 is 15.9 Å². The van der Waals surface area contributed by atoms with Crippen LogP contribution in [0.3, 0.4) is 0 Å². The Morgan fingerprint density at radius 3 is 2.65 bits per heavy atom. The third-order valence-corrected chi connectivity index (χ3v) is 3.36. The van der Waals surface area contributed by atoms with Gasteiger partial charge in [0.15, 0.2) is 0 Å². The maximum absolute atomic E-state index is 5.89. The van der Waals surface area contributed by atoms with Gasteiger partial charge in [0, 0.05) is 10.0 Å². The number of rotatable bonds is 1. The minimum Gasteiger partial charge on any atom is -0.397 e. The first-order valence-electron chi connectivity index (χ1n) is 5.25. The Hall–Kier alpha value is -1.81. The monoisotopic (exact) mass is 287 g/mol. The number of aromatic amines is 1. The summed E-state index contributed by atoms with van der Waals surface area (Å²) in [5, 5.41) is 0. The van der Waals surface area contributed by atoms with Gasteiger partial charge in [0.05, 0.1) is 11.2 Å². The number of para-hydroxylation sites is 1. The normalized spacial score (nSPS) is 10.9. The fraction of sp³-hybridized carbons (Fsp3) is 0. The largest absolute Gasteiger partial charge is 0.397 e. The zero-order valence-electron chi connectivity index (χ0n) is 8.94. The molecular weight excluding hydrogens is 278 g/mol. The summed E-state index contributed by atoms with van der Waals surface area (Å²) in [6, 6.07) is 13.7. The summed E-state index contributed by atoms with van der Waals surface area (Å²) >= 11 is 3.52. The Morgan fingerprint density at radius 1 is 1.06 bits per heavy atom. The number of nitrogen functional groups attached to an aromatic ring is 1. The molecule has 0 saturated carbocycles. The van der Waals surface area contributed by atoms with E-state index in [1.807, 2.05) is 42.5 Å². The maximum atomic E-state index is 5.89. The Morgan fingerprint density at radius 2 is 1.88 bits per heavy atom. The number of benzene rings is 2. The first kappa shape index (κ1) is 10.4. The summed E-state index contributed by atoms with van der Waals surface area (Å²) in [6.07, 6.45) is 0. The number of anilines is 1. The van der Waals surface area contributed by atoms with Gasteiger partial charge in [-0.15, -0.1) is 0 Å². The summed E-state index contributed by atoms with van der Waals surface area (Å²) in [6.45, 7) is 0. The lowest BCUT2D eigenvalue weighted by Crippen LogP contribution is -1.85. The smallest absolute Gasteiger partial charge is 0.139 e. The summed E-state index contributed by atoms with van der Waals surface area (Å²) in [4.78, 5) is 7.81. The van der Waals surface area contributed by atoms with Crippen LogP contribution in [0.1, 0.15) is 0 Å². The number of imidazole rings is 1. The zero-order chi connectivity index (χ0) is 11.8. The molecule has 3 rings (SSSR count). The zero-order valence-corrected chi connectivity index (χ0v) is 10.5. The molecule has 3 nitrogen and oxygen atoms in total. The molecule has 0 bridgehead atoms. The highest BCUT2D eigenvalue weighted by Gasteiger charge is 2.09.